The Bertz CT molecular complexity index is 1460. The Hall–Kier alpha value is -4.02. The lowest BCUT2D eigenvalue weighted by molar-refractivity contribution is -0.0273. The summed E-state index contributed by atoms with van der Waals surface area (Å²) in [6.45, 7) is 8.65. The van der Waals surface area contributed by atoms with Crippen molar-refractivity contribution in [3.05, 3.63) is 71.8 Å². The van der Waals surface area contributed by atoms with Gasteiger partial charge in [0.1, 0.15) is 18.2 Å². The molecule has 44 heavy (non-hydrogen) atoms. The maximum atomic E-state index is 9.44. The van der Waals surface area contributed by atoms with Crippen molar-refractivity contribution in [2.24, 2.45) is 11.3 Å². The average molecular weight is 597 g/mol. The summed E-state index contributed by atoms with van der Waals surface area (Å²) in [4.78, 5) is 21.2. The fraction of sp³-hybridized carbons (Fsp3) is 0.500. The summed E-state index contributed by atoms with van der Waals surface area (Å²) in [6.07, 6.45) is 14.3. The van der Waals surface area contributed by atoms with Gasteiger partial charge >= 0.3 is 0 Å². The fourth-order valence-corrected chi connectivity index (χ4v) is 7.34. The van der Waals surface area contributed by atoms with Crippen molar-refractivity contribution in [3.8, 4) is 11.9 Å². The molecule has 230 valence electrons. The van der Waals surface area contributed by atoms with E-state index in [2.05, 4.69) is 37.1 Å². The van der Waals surface area contributed by atoms with Crippen LogP contribution in [-0.2, 0) is 11.3 Å². The van der Waals surface area contributed by atoms with Gasteiger partial charge in [-0.25, -0.2) is 15.8 Å². The molecule has 3 N–H and O–H groups in total. The van der Waals surface area contributed by atoms with E-state index >= 15 is 0 Å². The van der Waals surface area contributed by atoms with Gasteiger partial charge in [0, 0.05) is 87.2 Å². The first-order valence-corrected chi connectivity index (χ1v) is 15.5. The van der Waals surface area contributed by atoms with Gasteiger partial charge in [0.15, 0.2) is 0 Å². The Labute approximate surface area is 258 Å². The second-order valence-corrected chi connectivity index (χ2v) is 12.6. The molecule has 2 aromatic rings. The molecule has 8 rings (SSSR count). The number of piperidine rings is 2. The van der Waals surface area contributed by atoms with Crippen molar-refractivity contribution in [2.45, 2.75) is 37.9 Å². The quantitative estimate of drug-likeness (QED) is 0.324. The van der Waals surface area contributed by atoms with E-state index in [4.69, 9.17) is 25.3 Å². The van der Waals surface area contributed by atoms with Crippen molar-refractivity contribution in [2.75, 3.05) is 64.4 Å². The van der Waals surface area contributed by atoms with Crippen molar-refractivity contribution in [1.82, 2.24) is 35.1 Å². The molecule has 0 amide bonds. The summed E-state index contributed by atoms with van der Waals surface area (Å²) < 4.78 is 11.3. The number of nitrogens with zero attached hydrogens (tertiary/aromatic N) is 8. The number of nitrogens with two attached hydrogens (primary N) is 1. The van der Waals surface area contributed by atoms with E-state index in [1.165, 1.54) is 35.9 Å². The van der Waals surface area contributed by atoms with Gasteiger partial charge in [-0.05, 0) is 37.4 Å². The number of anilines is 1. The fourth-order valence-electron chi connectivity index (χ4n) is 7.34. The Morgan fingerprint density at radius 1 is 1.16 bits per heavy atom. The van der Waals surface area contributed by atoms with E-state index < -0.39 is 0 Å². The van der Waals surface area contributed by atoms with Gasteiger partial charge in [-0.15, -0.1) is 0 Å². The third-order valence-electron chi connectivity index (χ3n) is 9.62. The highest BCUT2D eigenvalue weighted by atomic mass is 16.5. The van der Waals surface area contributed by atoms with E-state index in [9.17, 15) is 5.26 Å². The van der Waals surface area contributed by atoms with Crippen molar-refractivity contribution in [3.63, 3.8) is 0 Å². The van der Waals surface area contributed by atoms with E-state index in [1.54, 1.807) is 19.5 Å². The zero-order valence-electron chi connectivity index (χ0n) is 25.2. The normalized spacial score (nSPS) is 25.5. The maximum Gasteiger partial charge on any atom is 0.212 e. The number of rotatable bonds is 9. The summed E-state index contributed by atoms with van der Waals surface area (Å²) in [5.41, 5.74) is 3.55. The number of hydrazine groups is 1. The van der Waals surface area contributed by atoms with Gasteiger partial charge in [0.25, 0.3) is 0 Å². The van der Waals surface area contributed by atoms with Crippen LogP contribution in [0.15, 0.2) is 60.5 Å². The summed E-state index contributed by atoms with van der Waals surface area (Å²) in [5, 5.41) is 14.4. The number of methoxy groups -OCH3 is 1. The minimum atomic E-state index is 0.453. The number of nitrogens with one attached hydrogen (secondary N) is 1. The summed E-state index contributed by atoms with van der Waals surface area (Å²) >= 11 is 0. The minimum absolute atomic E-state index is 0.453. The van der Waals surface area contributed by atoms with E-state index in [1.807, 2.05) is 24.5 Å². The average Bonchev–Trinajstić information content (AvgIpc) is 3.05. The molecule has 0 radical (unpaired) electrons. The standard InChI is InChI=1S/C32H40N10O2/c1-43-31-4-3-23(13-38-31)16-41-24-11-25(41)18-40(17-24)30-15-36-28(14-37-30)27-12-26(19-42(34)29(27)5-7-33)44-10-9-39-21-32(22-39)6-2-8-35-20-32/h3-5,12-15,19,24-25,35H,2,6,8-11,16-18,20-22,34H2,1H3/b29-5+. The summed E-state index contributed by atoms with van der Waals surface area (Å²) in [5.74, 6) is 8.45. The van der Waals surface area contributed by atoms with Gasteiger partial charge in [0.05, 0.1) is 43.2 Å². The molecule has 6 aliphatic heterocycles. The van der Waals surface area contributed by atoms with Crippen LogP contribution in [0.2, 0.25) is 0 Å². The Morgan fingerprint density at radius 3 is 2.70 bits per heavy atom. The third kappa shape index (κ3) is 5.76. The molecular weight excluding hydrogens is 556 g/mol. The summed E-state index contributed by atoms with van der Waals surface area (Å²) in [7, 11) is 1.63. The first-order valence-electron chi connectivity index (χ1n) is 15.5. The molecule has 5 fully saturated rings. The molecule has 12 heteroatoms. The van der Waals surface area contributed by atoms with Crippen LogP contribution in [0.4, 0.5) is 5.82 Å². The molecule has 1 spiro atoms. The third-order valence-corrected chi connectivity index (χ3v) is 9.62. The first kappa shape index (κ1) is 28.7. The number of likely N-dealkylation sites (tertiary alicyclic amines) is 1. The van der Waals surface area contributed by atoms with Gasteiger partial charge in [0.2, 0.25) is 5.88 Å². The number of pyridine rings is 1. The SMILES string of the molecule is COc1ccc(CN2C3CC2CN(c2cnc(C4=CC(OCCN5CC6(CCCNC6)C5)=CN(N)/C4=C/C#N)cn2)C3)cn1. The summed E-state index contributed by atoms with van der Waals surface area (Å²) in [6, 6.07) is 7.05. The van der Waals surface area contributed by atoms with Gasteiger partial charge in [-0.3, -0.25) is 19.8 Å². The molecule has 2 unspecified atom stereocenters. The van der Waals surface area contributed by atoms with Crippen LogP contribution in [0.1, 0.15) is 30.5 Å². The molecule has 12 nitrogen and oxygen atoms in total. The molecule has 5 saturated heterocycles. The number of fused-ring (bicyclic) bond motifs is 2. The largest absolute Gasteiger partial charge is 0.491 e. The topological polar surface area (TPSA) is 132 Å². The van der Waals surface area contributed by atoms with Crippen LogP contribution in [0.5, 0.6) is 5.88 Å². The molecule has 0 saturated carbocycles. The Balaban J connectivity index is 0.965. The van der Waals surface area contributed by atoms with Crippen molar-refractivity contribution < 1.29 is 9.47 Å². The highest BCUT2D eigenvalue weighted by molar-refractivity contribution is 5.80. The predicted octanol–water partition coefficient (Wildman–Crippen LogP) is 1.87. The molecule has 2 bridgehead atoms. The zero-order valence-corrected chi connectivity index (χ0v) is 25.2. The molecule has 0 aromatic carbocycles. The second kappa shape index (κ2) is 12.2. The number of hydrogen-bond donors (Lipinski definition) is 2. The van der Waals surface area contributed by atoms with Crippen molar-refractivity contribution >= 4 is 11.4 Å². The predicted molar refractivity (Wildman–Crippen MR) is 165 cm³/mol. The van der Waals surface area contributed by atoms with Crippen molar-refractivity contribution in [1.29, 1.82) is 5.26 Å². The van der Waals surface area contributed by atoms with Crippen LogP contribution in [0, 0.1) is 16.7 Å². The second-order valence-electron chi connectivity index (χ2n) is 12.6. The minimum Gasteiger partial charge on any atom is -0.491 e. The molecule has 2 aromatic heterocycles. The molecular formula is C32H40N10O2. The number of hydrogen-bond acceptors (Lipinski definition) is 12. The number of nitriles is 1. The zero-order chi connectivity index (χ0) is 30.1. The van der Waals surface area contributed by atoms with Gasteiger partial charge in [-0.2, -0.15) is 5.26 Å². The van der Waals surface area contributed by atoms with E-state index in [0.717, 1.165) is 58.2 Å². The molecule has 6 aliphatic rings. The van der Waals surface area contributed by atoms with Crippen LogP contribution >= 0.6 is 0 Å². The lowest BCUT2D eigenvalue weighted by Crippen LogP contribution is -2.68. The number of piperazine rings is 1. The molecule has 0 aliphatic carbocycles. The molecule has 8 heterocycles. The smallest absolute Gasteiger partial charge is 0.212 e. The highest BCUT2D eigenvalue weighted by Gasteiger charge is 2.45. The molecule has 2 atom stereocenters. The van der Waals surface area contributed by atoms with Crippen LogP contribution in [0.25, 0.3) is 5.57 Å². The van der Waals surface area contributed by atoms with E-state index in [-0.39, 0.29) is 0 Å². The Kier molecular flexibility index (Phi) is 7.95. The highest BCUT2D eigenvalue weighted by Crippen LogP contribution is 2.37. The van der Waals surface area contributed by atoms with E-state index in [0.29, 0.717) is 52.7 Å². The maximum absolute atomic E-state index is 9.44. The first-order chi connectivity index (χ1) is 21.5. The van der Waals surface area contributed by atoms with Crippen LogP contribution in [0.3, 0.4) is 0 Å². The van der Waals surface area contributed by atoms with Crippen LogP contribution < -0.4 is 20.8 Å². The number of aromatic nitrogens is 3. The lowest BCUT2D eigenvalue weighted by Gasteiger charge is -2.56. The Morgan fingerprint density at radius 2 is 2.02 bits per heavy atom. The number of allylic oxidation sites excluding steroid dienone is 3. The van der Waals surface area contributed by atoms with Gasteiger partial charge < -0.3 is 19.7 Å². The number of ether oxygens (including phenoxy) is 2. The lowest BCUT2D eigenvalue weighted by atomic mass is 9.74. The van der Waals surface area contributed by atoms with Crippen LogP contribution in [-0.4, -0.2) is 101 Å². The van der Waals surface area contributed by atoms with Gasteiger partial charge in [-0.1, -0.05) is 6.07 Å². The monoisotopic (exact) mass is 596 g/mol.